The molecule has 1 N–H and O–H groups in total. The van der Waals surface area contributed by atoms with Crippen molar-refractivity contribution >= 4 is 0 Å². The molecule has 2 rings (SSSR count). The number of hydrogen-bond acceptors (Lipinski definition) is 2. The molecule has 0 bridgehead atoms. The Bertz CT molecular complexity index is 381. The van der Waals surface area contributed by atoms with Crippen LogP contribution in [0.3, 0.4) is 0 Å². The molecule has 2 heteroatoms. The van der Waals surface area contributed by atoms with Gasteiger partial charge in [-0.05, 0) is 57.8 Å². The molecule has 1 heterocycles. The van der Waals surface area contributed by atoms with Crippen molar-refractivity contribution in [2.75, 3.05) is 19.6 Å². The van der Waals surface area contributed by atoms with E-state index in [2.05, 4.69) is 49.2 Å². The minimum absolute atomic E-state index is 0.665. The third-order valence-electron chi connectivity index (χ3n) is 4.02. The summed E-state index contributed by atoms with van der Waals surface area (Å²) in [5, 5.41) is 3.60. The molecule has 0 radical (unpaired) electrons. The van der Waals surface area contributed by atoms with Crippen LogP contribution in [0.5, 0.6) is 0 Å². The smallest absolute Gasteiger partial charge is 0.0208 e. The number of nitrogens with one attached hydrogen (secondary N) is 1. The van der Waals surface area contributed by atoms with Gasteiger partial charge in [-0.1, -0.05) is 23.8 Å². The largest absolute Gasteiger partial charge is 0.311 e. The Labute approximate surface area is 111 Å². The highest BCUT2D eigenvalue weighted by atomic mass is 15.2. The molecule has 100 valence electrons. The quantitative estimate of drug-likeness (QED) is 0.859. The Balaban J connectivity index is 1.77. The van der Waals surface area contributed by atoms with Crippen LogP contribution in [0.15, 0.2) is 18.2 Å². The predicted octanol–water partition coefficient (Wildman–Crippen LogP) is 2.88. The number of hydrogen-bond donors (Lipinski definition) is 1. The van der Waals surface area contributed by atoms with Gasteiger partial charge < -0.3 is 5.32 Å². The lowest BCUT2D eigenvalue weighted by molar-refractivity contribution is 0.251. The second-order valence-electron chi connectivity index (χ2n) is 5.65. The molecule has 0 aromatic heterocycles. The highest BCUT2D eigenvalue weighted by molar-refractivity contribution is 5.30. The first-order valence-corrected chi connectivity index (χ1v) is 7.17. The van der Waals surface area contributed by atoms with Crippen molar-refractivity contribution < 1.29 is 0 Å². The van der Waals surface area contributed by atoms with Crippen LogP contribution in [-0.4, -0.2) is 30.6 Å². The molecule has 2 nitrogen and oxygen atoms in total. The first-order valence-electron chi connectivity index (χ1n) is 7.17. The standard InChI is InChI=1S/C16H26N2/c1-13-6-7-16(14(2)10-13)12-17-11-15(3)18-8-4-5-9-18/h6-7,10,15,17H,4-5,8-9,11-12H2,1-3H3. The van der Waals surface area contributed by atoms with E-state index < -0.39 is 0 Å². The number of rotatable bonds is 5. The molecule has 1 aliphatic heterocycles. The Morgan fingerprint density at radius 1 is 1.22 bits per heavy atom. The van der Waals surface area contributed by atoms with E-state index in [9.17, 15) is 0 Å². The number of likely N-dealkylation sites (tertiary alicyclic amines) is 1. The third kappa shape index (κ3) is 3.56. The Hall–Kier alpha value is -0.860. The van der Waals surface area contributed by atoms with Gasteiger partial charge in [-0.2, -0.15) is 0 Å². The lowest BCUT2D eigenvalue weighted by Gasteiger charge is -2.24. The van der Waals surface area contributed by atoms with E-state index in [0.717, 1.165) is 13.1 Å². The molecule has 0 spiro atoms. The second-order valence-corrected chi connectivity index (χ2v) is 5.65. The first-order chi connectivity index (χ1) is 8.66. The van der Waals surface area contributed by atoms with Crippen LogP contribution in [0.25, 0.3) is 0 Å². The molecule has 0 amide bonds. The van der Waals surface area contributed by atoms with Crippen LogP contribution in [0, 0.1) is 13.8 Å². The average Bonchev–Trinajstić information content (AvgIpc) is 2.85. The summed E-state index contributed by atoms with van der Waals surface area (Å²) in [7, 11) is 0. The van der Waals surface area contributed by atoms with Crippen LogP contribution in [0.4, 0.5) is 0 Å². The zero-order valence-corrected chi connectivity index (χ0v) is 12.0. The average molecular weight is 246 g/mol. The number of benzene rings is 1. The van der Waals surface area contributed by atoms with Crippen molar-refractivity contribution in [1.29, 1.82) is 0 Å². The molecule has 1 aliphatic rings. The summed E-state index contributed by atoms with van der Waals surface area (Å²) in [5.74, 6) is 0. The van der Waals surface area contributed by atoms with E-state index in [1.54, 1.807) is 0 Å². The molecule has 18 heavy (non-hydrogen) atoms. The van der Waals surface area contributed by atoms with Gasteiger partial charge in [-0.25, -0.2) is 0 Å². The summed E-state index contributed by atoms with van der Waals surface area (Å²) in [6.07, 6.45) is 2.75. The SMILES string of the molecule is Cc1ccc(CNCC(C)N2CCCC2)c(C)c1. The fraction of sp³-hybridized carbons (Fsp3) is 0.625. The van der Waals surface area contributed by atoms with E-state index in [1.165, 1.54) is 42.6 Å². The van der Waals surface area contributed by atoms with Gasteiger partial charge in [0.1, 0.15) is 0 Å². The first kappa shape index (κ1) is 13.6. The van der Waals surface area contributed by atoms with Gasteiger partial charge >= 0.3 is 0 Å². The molecule has 1 saturated heterocycles. The maximum Gasteiger partial charge on any atom is 0.0208 e. The highest BCUT2D eigenvalue weighted by Crippen LogP contribution is 2.12. The molecular weight excluding hydrogens is 220 g/mol. The monoisotopic (exact) mass is 246 g/mol. The van der Waals surface area contributed by atoms with Crippen molar-refractivity contribution in [3.63, 3.8) is 0 Å². The van der Waals surface area contributed by atoms with Crippen molar-refractivity contribution in [2.45, 2.75) is 46.2 Å². The van der Waals surface area contributed by atoms with E-state index in [1.807, 2.05) is 0 Å². The van der Waals surface area contributed by atoms with Gasteiger partial charge in [0.05, 0.1) is 0 Å². The van der Waals surface area contributed by atoms with E-state index in [4.69, 9.17) is 0 Å². The van der Waals surface area contributed by atoms with Crippen LogP contribution < -0.4 is 5.32 Å². The summed E-state index contributed by atoms with van der Waals surface area (Å²) in [4.78, 5) is 2.59. The topological polar surface area (TPSA) is 15.3 Å². The normalized spacial score (nSPS) is 18.2. The van der Waals surface area contributed by atoms with Gasteiger partial charge in [-0.15, -0.1) is 0 Å². The molecule has 1 aromatic carbocycles. The Morgan fingerprint density at radius 3 is 2.61 bits per heavy atom. The summed E-state index contributed by atoms with van der Waals surface area (Å²) >= 11 is 0. The Kier molecular flexibility index (Phi) is 4.79. The van der Waals surface area contributed by atoms with Gasteiger partial charge in [0.2, 0.25) is 0 Å². The van der Waals surface area contributed by atoms with E-state index in [-0.39, 0.29) is 0 Å². The summed E-state index contributed by atoms with van der Waals surface area (Å²) in [5.41, 5.74) is 4.17. The lowest BCUT2D eigenvalue weighted by Crippen LogP contribution is -2.38. The fourth-order valence-corrected chi connectivity index (χ4v) is 2.77. The fourth-order valence-electron chi connectivity index (χ4n) is 2.77. The molecule has 1 atom stereocenters. The van der Waals surface area contributed by atoms with Crippen LogP contribution in [-0.2, 0) is 6.54 Å². The number of nitrogens with zero attached hydrogens (tertiary/aromatic N) is 1. The van der Waals surface area contributed by atoms with Crippen LogP contribution in [0.2, 0.25) is 0 Å². The molecule has 1 unspecified atom stereocenters. The molecule has 0 saturated carbocycles. The highest BCUT2D eigenvalue weighted by Gasteiger charge is 2.17. The molecule has 1 fully saturated rings. The molecule has 1 aromatic rings. The summed E-state index contributed by atoms with van der Waals surface area (Å²) in [6, 6.07) is 7.38. The van der Waals surface area contributed by atoms with E-state index >= 15 is 0 Å². The van der Waals surface area contributed by atoms with Crippen LogP contribution in [0.1, 0.15) is 36.5 Å². The second kappa shape index (κ2) is 6.35. The van der Waals surface area contributed by atoms with Gasteiger partial charge in [0, 0.05) is 19.1 Å². The number of aryl methyl sites for hydroxylation is 2. The van der Waals surface area contributed by atoms with Gasteiger partial charge in [0.25, 0.3) is 0 Å². The Morgan fingerprint density at radius 2 is 1.94 bits per heavy atom. The summed E-state index contributed by atoms with van der Waals surface area (Å²) in [6.45, 7) is 11.3. The lowest BCUT2D eigenvalue weighted by atomic mass is 10.1. The van der Waals surface area contributed by atoms with Gasteiger partial charge in [-0.3, -0.25) is 4.90 Å². The van der Waals surface area contributed by atoms with Crippen molar-refractivity contribution in [3.8, 4) is 0 Å². The van der Waals surface area contributed by atoms with Crippen molar-refractivity contribution in [2.24, 2.45) is 0 Å². The van der Waals surface area contributed by atoms with Crippen molar-refractivity contribution in [1.82, 2.24) is 10.2 Å². The minimum Gasteiger partial charge on any atom is -0.311 e. The van der Waals surface area contributed by atoms with Crippen LogP contribution >= 0.6 is 0 Å². The molecular formula is C16H26N2. The molecule has 0 aliphatic carbocycles. The zero-order valence-electron chi connectivity index (χ0n) is 12.0. The maximum absolute atomic E-state index is 3.60. The zero-order chi connectivity index (χ0) is 13.0. The minimum atomic E-state index is 0.665. The van der Waals surface area contributed by atoms with Gasteiger partial charge in [0.15, 0.2) is 0 Å². The summed E-state index contributed by atoms with van der Waals surface area (Å²) < 4.78 is 0. The third-order valence-corrected chi connectivity index (χ3v) is 4.02. The van der Waals surface area contributed by atoms with E-state index in [0.29, 0.717) is 6.04 Å². The maximum atomic E-state index is 3.60. The predicted molar refractivity (Wildman–Crippen MR) is 77.9 cm³/mol. The van der Waals surface area contributed by atoms with Crippen molar-refractivity contribution in [3.05, 3.63) is 34.9 Å².